The van der Waals surface area contributed by atoms with Crippen LogP contribution < -0.4 is 10.5 Å². The smallest absolute Gasteiger partial charge is 0.342 e. The third-order valence-electron chi connectivity index (χ3n) is 2.06. The molecule has 2 N–H and O–H groups in total. The molecule has 2 rings (SSSR count). The average Bonchev–Trinajstić information content (AvgIpc) is 2.64. The summed E-state index contributed by atoms with van der Waals surface area (Å²) in [5, 5.41) is 4.01. The number of pyridine rings is 1. The fourth-order valence-electron chi connectivity index (χ4n) is 1.29. The molecule has 0 saturated carbocycles. The molecule has 2 heterocycles. The maximum atomic E-state index is 5.81. The van der Waals surface area contributed by atoms with Crippen molar-refractivity contribution >= 4 is 0 Å². The zero-order chi connectivity index (χ0) is 11.5. The maximum Gasteiger partial charge on any atom is 0.342 e. The van der Waals surface area contributed by atoms with Gasteiger partial charge in [-0.15, -0.1) is 5.10 Å². The topological polar surface area (TPSA) is 78.9 Å². The van der Waals surface area contributed by atoms with Crippen molar-refractivity contribution in [1.29, 1.82) is 0 Å². The van der Waals surface area contributed by atoms with Crippen LogP contribution in [-0.4, -0.2) is 19.7 Å². The predicted molar refractivity (Wildman–Crippen MR) is 57.9 cm³/mol. The number of aryl methyl sites for hydroxylation is 1. The lowest BCUT2D eigenvalue weighted by Gasteiger charge is -2.09. The molecule has 0 fully saturated rings. The first-order chi connectivity index (χ1) is 7.66. The van der Waals surface area contributed by atoms with E-state index in [0.717, 1.165) is 5.56 Å². The maximum absolute atomic E-state index is 5.81. The van der Waals surface area contributed by atoms with Crippen molar-refractivity contribution in [3.05, 3.63) is 30.2 Å². The molecule has 0 spiro atoms. The molecule has 2 aromatic rings. The molecule has 0 saturated heterocycles. The molecule has 0 radical (unpaired) electrons. The molecular formula is C10H13N5O. The highest BCUT2D eigenvalue weighted by Gasteiger charge is 2.11. The van der Waals surface area contributed by atoms with Gasteiger partial charge in [0.15, 0.2) is 0 Å². The van der Waals surface area contributed by atoms with Crippen molar-refractivity contribution in [3.63, 3.8) is 0 Å². The fourth-order valence-corrected chi connectivity index (χ4v) is 1.29. The van der Waals surface area contributed by atoms with Gasteiger partial charge in [0.1, 0.15) is 6.33 Å². The van der Waals surface area contributed by atoms with Crippen LogP contribution in [0.2, 0.25) is 0 Å². The van der Waals surface area contributed by atoms with Crippen LogP contribution in [-0.2, 0) is 7.05 Å². The van der Waals surface area contributed by atoms with Crippen LogP contribution in [0.1, 0.15) is 18.5 Å². The van der Waals surface area contributed by atoms with E-state index in [1.54, 1.807) is 24.3 Å². The molecule has 0 aliphatic heterocycles. The van der Waals surface area contributed by atoms with E-state index in [1.807, 2.05) is 19.1 Å². The minimum Gasteiger partial charge on any atom is -0.404 e. The zero-order valence-corrected chi connectivity index (χ0v) is 9.16. The van der Waals surface area contributed by atoms with Gasteiger partial charge in [-0.05, 0) is 13.0 Å². The molecule has 6 heteroatoms. The minimum absolute atomic E-state index is 0.146. The van der Waals surface area contributed by atoms with E-state index in [-0.39, 0.29) is 12.1 Å². The molecule has 84 valence electrons. The number of nitrogens with zero attached hydrogens (tertiary/aromatic N) is 4. The van der Waals surface area contributed by atoms with Crippen LogP contribution in [0.15, 0.2) is 24.7 Å². The normalized spacial score (nSPS) is 12.4. The Morgan fingerprint density at radius 1 is 1.44 bits per heavy atom. The highest BCUT2D eigenvalue weighted by atomic mass is 16.5. The third-order valence-corrected chi connectivity index (χ3v) is 2.06. The molecule has 0 amide bonds. The molecule has 1 unspecified atom stereocenters. The van der Waals surface area contributed by atoms with Gasteiger partial charge in [0, 0.05) is 24.8 Å². The largest absolute Gasteiger partial charge is 0.404 e. The Hall–Kier alpha value is -1.95. The molecule has 0 aliphatic carbocycles. The van der Waals surface area contributed by atoms with Crippen LogP contribution in [0, 0.1) is 0 Å². The summed E-state index contributed by atoms with van der Waals surface area (Å²) in [6.07, 6.45) is 3.20. The Balaban J connectivity index is 2.27. The Bertz CT molecular complexity index is 480. The summed E-state index contributed by atoms with van der Waals surface area (Å²) in [5.74, 6) is 0.448. The van der Waals surface area contributed by atoms with Crippen molar-refractivity contribution in [2.75, 3.05) is 0 Å². The van der Waals surface area contributed by atoms with Gasteiger partial charge in [-0.2, -0.15) is 4.98 Å². The summed E-state index contributed by atoms with van der Waals surface area (Å²) >= 11 is 0. The zero-order valence-electron chi connectivity index (χ0n) is 9.16. The first-order valence-electron chi connectivity index (χ1n) is 4.91. The van der Waals surface area contributed by atoms with E-state index in [4.69, 9.17) is 10.5 Å². The van der Waals surface area contributed by atoms with Crippen LogP contribution in [0.4, 0.5) is 0 Å². The van der Waals surface area contributed by atoms with Crippen LogP contribution in [0.5, 0.6) is 11.9 Å². The molecule has 1 atom stereocenters. The van der Waals surface area contributed by atoms with E-state index in [1.165, 1.54) is 0 Å². The van der Waals surface area contributed by atoms with Gasteiger partial charge in [-0.3, -0.25) is 4.68 Å². The number of aromatic nitrogens is 4. The standard InChI is InChI=1S/C10H13N5O/c1-7(11)8-4-3-5-12-9(8)16-10-13-6-15(2)14-10/h3-7H,11H2,1-2H3. The number of rotatable bonds is 3. The monoisotopic (exact) mass is 219 g/mol. The molecule has 0 bridgehead atoms. The van der Waals surface area contributed by atoms with Crippen molar-refractivity contribution in [3.8, 4) is 11.9 Å². The lowest BCUT2D eigenvalue weighted by Crippen LogP contribution is -2.07. The fraction of sp³-hybridized carbons (Fsp3) is 0.300. The quantitative estimate of drug-likeness (QED) is 0.833. The van der Waals surface area contributed by atoms with E-state index in [0.29, 0.717) is 5.88 Å². The first kappa shape index (κ1) is 10.6. The summed E-state index contributed by atoms with van der Waals surface area (Å²) in [5.41, 5.74) is 6.64. The van der Waals surface area contributed by atoms with Crippen molar-refractivity contribution in [1.82, 2.24) is 19.7 Å². The summed E-state index contributed by atoms with van der Waals surface area (Å²) in [7, 11) is 1.77. The van der Waals surface area contributed by atoms with Gasteiger partial charge in [-0.25, -0.2) is 4.98 Å². The van der Waals surface area contributed by atoms with Crippen LogP contribution in [0.3, 0.4) is 0 Å². The second-order valence-corrected chi connectivity index (χ2v) is 3.49. The number of hydrogen-bond acceptors (Lipinski definition) is 5. The second-order valence-electron chi connectivity index (χ2n) is 3.49. The van der Waals surface area contributed by atoms with E-state index in [9.17, 15) is 0 Å². The van der Waals surface area contributed by atoms with E-state index >= 15 is 0 Å². The number of hydrogen-bond donors (Lipinski definition) is 1. The summed E-state index contributed by atoms with van der Waals surface area (Å²) in [6, 6.07) is 3.81. The molecular weight excluding hydrogens is 206 g/mol. The van der Waals surface area contributed by atoms with Gasteiger partial charge >= 0.3 is 6.01 Å². The molecule has 16 heavy (non-hydrogen) atoms. The van der Waals surface area contributed by atoms with Crippen molar-refractivity contribution in [2.45, 2.75) is 13.0 Å². The highest BCUT2D eigenvalue weighted by Crippen LogP contribution is 2.23. The summed E-state index contributed by atoms with van der Waals surface area (Å²) in [4.78, 5) is 8.07. The van der Waals surface area contributed by atoms with Crippen LogP contribution >= 0.6 is 0 Å². The van der Waals surface area contributed by atoms with E-state index < -0.39 is 0 Å². The van der Waals surface area contributed by atoms with Crippen molar-refractivity contribution < 1.29 is 4.74 Å². The van der Waals surface area contributed by atoms with Gasteiger partial charge in [0.25, 0.3) is 0 Å². The van der Waals surface area contributed by atoms with Gasteiger partial charge in [0.05, 0.1) is 0 Å². The Morgan fingerprint density at radius 3 is 2.88 bits per heavy atom. The number of nitrogens with two attached hydrogens (primary N) is 1. The van der Waals surface area contributed by atoms with Crippen molar-refractivity contribution in [2.24, 2.45) is 12.8 Å². The Kier molecular flexibility index (Phi) is 2.82. The van der Waals surface area contributed by atoms with Crippen LogP contribution in [0.25, 0.3) is 0 Å². The molecule has 6 nitrogen and oxygen atoms in total. The molecule has 0 aromatic carbocycles. The predicted octanol–water partition coefficient (Wildman–Crippen LogP) is 1.02. The van der Waals surface area contributed by atoms with Gasteiger partial charge in [-0.1, -0.05) is 6.07 Å². The lowest BCUT2D eigenvalue weighted by atomic mass is 10.1. The van der Waals surface area contributed by atoms with Gasteiger partial charge < -0.3 is 10.5 Å². The minimum atomic E-state index is -0.146. The first-order valence-corrected chi connectivity index (χ1v) is 4.91. The summed E-state index contributed by atoms with van der Waals surface area (Å²) in [6.45, 7) is 1.87. The highest BCUT2D eigenvalue weighted by molar-refractivity contribution is 5.29. The molecule has 0 aliphatic rings. The van der Waals surface area contributed by atoms with Gasteiger partial charge in [0.2, 0.25) is 5.88 Å². The average molecular weight is 219 g/mol. The third kappa shape index (κ3) is 2.17. The Labute approximate surface area is 93.1 Å². The number of ether oxygens (including phenoxy) is 1. The second kappa shape index (κ2) is 4.28. The van der Waals surface area contributed by atoms with E-state index in [2.05, 4.69) is 15.1 Å². The lowest BCUT2D eigenvalue weighted by molar-refractivity contribution is 0.414. The summed E-state index contributed by atoms with van der Waals surface area (Å²) < 4.78 is 7.02. The Morgan fingerprint density at radius 2 is 2.25 bits per heavy atom. The molecule has 2 aromatic heterocycles. The SMILES string of the molecule is CC(N)c1cccnc1Oc1ncn(C)n1.